The van der Waals surface area contributed by atoms with Crippen molar-refractivity contribution in [1.82, 2.24) is 0 Å². The summed E-state index contributed by atoms with van der Waals surface area (Å²) in [6.07, 6.45) is 0.342. The van der Waals surface area contributed by atoms with Crippen molar-refractivity contribution in [2.75, 3.05) is 7.11 Å². The summed E-state index contributed by atoms with van der Waals surface area (Å²) in [5.74, 6) is -0.538. The largest absolute Gasteiger partial charge is 0.497 e. The van der Waals surface area contributed by atoms with Crippen molar-refractivity contribution in [3.05, 3.63) is 65.2 Å². The molecule has 0 aromatic heterocycles. The minimum atomic E-state index is -0.728. The molecule has 2 aromatic carbocycles. The summed E-state index contributed by atoms with van der Waals surface area (Å²) >= 11 is 0. The Balaban J connectivity index is 2.23. The third-order valence-corrected chi connectivity index (χ3v) is 2.96. The lowest BCUT2D eigenvalue weighted by Crippen LogP contribution is -2.16. The third kappa shape index (κ3) is 3.09. The van der Waals surface area contributed by atoms with Crippen LogP contribution in [0.3, 0.4) is 0 Å². The molecule has 2 nitrogen and oxygen atoms in total. The highest BCUT2D eigenvalue weighted by Crippen LogP contribution is 2.23. The Bertz CT molecular complexity index is 552. The monoisotopic (exact) mass is 263 g/mol. The zero-order valence-corrected chi connectivity index (χ0v) is 10.6. The molecule has 0 saturated heterocycles. The molecule has 0 spiro atoms. The predicted molar refractivity (Wildman–Crippen MR) is 70.0 cm³/mol. The molecule has 2 rings (SSSR count). The van der Waals surface area contributed by atoms with E-state index in [2.05, 4.69) is 0 Å². The molecule has 1 unspecified atom stereocenters. The van der Waals surface area contributed by atoms with Crippen molar-refractivity contribution < 1.29 is 13.5 Å². The number of ether oxygens (including phenoxy) is 1. The van der Waals surface area contributed by atoms with Crippen LogP contribution < -0.4 is 10.5 Å². The predicted octanol–water partition coefficient (Wildman–Crippen LogP) is 3.22. The fourth-order valence-electron chi connectivity index (χ4n) is 2.02. The molecule has 0 aliphatic rings. The van der Waals surface area contributed by atoms with Crippen LogP contribution >= 0.6 is 0 Å². The molecule has 0 saturated carbocycles. The van der Waals surface area contributed by atoms with Gasteiger partial charge in [0.05, 0.1) is 7.11 Å². The van der Waals surface area contributed by atoms with E-state index in [-0.39, 0.29) is 5.56 Å². The Labute approximate surface area is 110 Å². The van der Waals surface area contributed by atoms with Crippen LogP contribution in [0, 0.1) is 11.6 Å². The summed E-state index contributed by atoms with van der Waals surface area (Å²) in [5.41, 5.74) is 6.69. The highest BCUT2D eigenvalue weighted by atomic mass is 19.1. The summed E-state index contributed by atoms with van der Waals surface area (Å²) in [4.78, 5) is 0. The van der Waals surface area contributed by atoms with E-state index < -0.39 is 17.7 Å². The molecule has 1 atom stereocenters. The van der Waals surface area contributed by atoms with Gasteiger partial charge in [-0.3, -0.25) is 0 Å². The molecule has 0 bridgehead atoms. The number of benzene rings is 2. The molecule has 19 heavy (non-hydrogen) atoms. The first kappa shape index (κ1) is 13.5. The van der Waals surface area contributed by atoms with Gasteiger partial charge in [0.1, 0.15) is 17.4 Å². The van der Waals surface area contributed by atoms with E-state index in [1.54, 1.807) is 19.2 Å². The Morgan fingerprint density at radius 3 is 2.37 bits per heavy atom. The second-order valence-electron chi connectivity index (χ2n) is 4.30. The highest BCUT2D eigenvalue weighted by Gasteiger charge is 2.16. The van der Waals surface area contributed by atoms with Crippen LogP contribution in [0.15, 0.2) is 42.5 Å². The first-order valence-corrected chi connectivity index (χ1v) is 5.94. The fourth-order valence-corrected chi connectivity index (χ4v) is 2.02. The average molecular weight is 263 g/mol. The molecule has 0 radical (unpaired) electrons. The van der Waals surface area contributed by atoms with Crippen LogP contribution in [0.4, 0.5) is 8.78 Å². The summed E-state index contributed by atoms with van der Waals surface area (Å²) < 4.78 is 32.3. The maximum atomic E-state index is 13.6. The molecular weight excluding hydrogens is 248 g/mol. The van der Waals surface area contributed by atoms with Crippen molar-refractivity contribution >= 4 is 0 Å². The topological polar surface area (TPSA) is 35.2 Å². The molecular formula is C15H15F2NO. The van der Waals surface area contributed by atoms with Crippen molar-refractivity contribution in [2.45, 2.75) is 12.5 Å². The van der Waals surface area contributed by atoms with Gasteiger partial charge < -0.3 is 10.5 Å². The van der Waals surface area contributed by atoms with Crippen LogP contribution in [-0.2, 0) is 6.42 Å². The normalized spacial score (nSPS) is 12.2. The summed E-state index contributed by atoms with van der Waals surface area (Å²) in [6, 6.07) is 10.3. The van der Waals surface area contributed by atoms with E-state index in [0.717, 1.165) is 5.56 Å². The molecule has 0 heterocycles. The van der Waals surface area contributed by atoms with E-state index >= 15 is 0 Å². The first-order valence-electron chi connectivity index (χ1n) is 5.94. The van der Waals surface area contributed by atoms with Gasteiger partial charge in [-0.05, 0) is 36.2 Å². The number of hydrogen-bond acceptors (Lipinski definition) is 2. The summed E-state index contributed by atoms with van der Waals surface area (Å²) in [7, 11) is 1.57. The van der Waals surface area contributed by atoms with Gasteiger partial charge in [0.15, 0.2) is 0 Å². The second-order valence-corrected chi connectivity index (χ2v) is 4.30. The summed E-state index contributed by atoms with van der Waals surface area (Å²) in [5, 5.41) is 0. The van der Waals surface area contributed by atoms with Gasteiger partial charge in [-0.2, -0.15) is 0 Å². The molecule has 100 valence electrons. The smallest absolute Gasteiger partial charge is 0.130 e. The Morgan fingerprint density at radius 2 is 1.74 bits per heavy atom. The van der Waals surface area contributed by atoms with E-state index in [0.29, 0.717) is 12.2 Å². The lowest BCUT2D eigenvalue weighted by atomic mass is 9.98. The molecule has 0 fully saturated rings. The van der Waals surface area contributed by atoms with Gasteiger partial charge in [-0.15, -0.1) is 0 Å². The zero-order chi connectivity index (χ0) is 13.8. The van der Waals surface area contributed by atoms with E-state index in [9.17, 15) is 8.78 Å². The van der Waals surface area contributed by atoms with Crippen LogP contribution in [0.25, 0.3) is 0 Å². The molecule has 0 amide bonds. The summed E-state index contributed by atoms with van der Waals surface area (Å²) in [6.45, 7) is 0. The van der Waals surface area contributed by atoms with Crippen molar-refractivity contribution in [3.63, 3.8) is 0 Å². The van der Waals surface area contributed by atoms with Crippen molar-refractivity contribution in [1.29, 1.82) is 0 Å². The quantitative estimate of drug-likeness (QED) is 0.919. The molecule has 0 aliphatic heterocycles. The van der Waals surface area contributed by atoms with Gasteiger partial charge in [0, 0.05) is 11.6 Å². The van der Waals surface area contributed by atoms with Gasteiger partial charge in [0.2, 0.25) is 0 Å². The Morgan fingerprint density at radius 1 is 1.11 bits per heavy atom. The average Bonchev–Trinajstić information content (AvgIpc) is 2.38. The third-order valence-electron chi connectivity index (χ3n) is 2.96. The lowest BCUT2D eigenvalue weighted by molar-refractivity contribution is 0.414. The van der Waals surface area contributed by atoms with E-state index in [4.69, 9.17) is 10.5 Å². The number of halogens is 2. The molecule has 2 aromatic rings. The van der Waals surface area contributed by atoms with E-state index in [1.165, 1.54) is 18.2 Å². The van der Waals surface area contributed by atoms with Crippen LogP contribution in [-0.4, -0.2) is 7.11 Å². The Kier molecular flexibility index (Phi) is 4.12. The van der Waals surface area contributed by atoms with Crippen molar-refractivity contribution in [3.8, 4) is 5.75 Å². The minimum Gasteiger partial charge on any atom is -0.497 e. The van der Waals surface area contributed by atoms with Crippen molar-refractivity contribution in [2.24, 2.45) is 5.73 Å². The number of rotatable bonds is 4. The maximum Gasteiger partial charge on any atom is 0.130 e. The number of hydrogen-bond donors (Lipinski definition) is 1. The maximum absolute atomic E-state index is 13.6. The number of methoxy groups -OCH3 is 1. The molecule has 2 N–H and O–H groups in total. The van der Waals surface area contributed by atoms with Gasteiger partial charge >= 0.3 is 0 Å². The zero-order valence-electron chi connectivity index (χ0n) is 10.6. The minimum absolute atomic E-state index is 0.0784. The fraction of sp³-hybridized carbons (Fsp3) is 0.200. The molecule has 4 heteroatoms. The van der Waals surface area contributed by atoms with Crippen LogP contribution in [0.1, 0.15) is 17.2 Å². The lowest BCUT2D eigenvalue weighted by Gasteiger charge is -2.14. The van der Waals surface area contributed by atoms with Gasteiger partial charge in [0.25, 0.3) is 0 Å². The van der Waals surface area contributed by atoms with E-state index in [1.807, 2.05) is 12.1 Å². The van der Waals surface area contributed by atoms with Gasteiger partial charge in [-0.25, -0.2) is 8.78 Å². The second kappa shape index (κ2) is 5.80. The van der Waals surface area contributed by atoms with Gasteiger partial charge in [-0.1, -0.05) is 18.2 Å². The standard InChI is InChI=1S/C15H15F2NO/c1-19-11-5-2-4-10(8-11)9-14(18)15-12(16)6-3-7-13(15)17/h2-8,14H,9,18H2,1H3. The van der Waals surface area contributed by atoms with Crippen LogP contribution in [0.2, 0.25) is 0 Å². The SMILES string of the molecule is COc1cccc(CC(N)c2c(F)cccc2F)c1. The molecule has 0 aliphatic carbocycles. The Hall–Kier alpha value is -1.94. The first-order chi connectivity index (χ1) is 9.11. The highest BCUT2D eigenvalue weighted by molar-refractivity contribution is 5.31. The number of nitrogens with two attached hydrogens (primary N) is 1. The van der Waals surface area contributed by atoms with Crippen LogP contribution in [0.5, 0.6) is 5.75 Å².